The van der Waals surface area contributed by atoms with E-state index in [-0.39, 0.29) is 11.5 Å². The first-order valence-electron chi connectivity index (χ1n) is 6.33. The maximum Gasteiger partial charge on any atom is 0.309 e. The average molecular weight is 313 g/mol. The van der Waals surface area contributed by atoms with Gasteiger partial charge in [-0.15, -0.1) is 0 Å². The van der Waals surface area contributed by atoms with E-state index in [0.717, 1.165) is 0 Å². The minimum atomic E-state index is -1.44. The van der Waals surface area contributed by atoms with Crippen LogP contribution in [-0.4, -0.2) is 41.8 Å². The van der Waals surface area contributed by atoms with Crippen LogP contribution in [0.5, 0.6) is 5.75 Å². The minimum absolute atomic E-state index is 0.0893. The van der Waals surface area contributed by atoms with E-state index < -0.39 is 28.6 Å². The van der Waals surface area contributed by atoms with Gasteiger partial charge in [-0.1, -0.05) is 19.1 Å². The van der Waals surface area contributed by atoms with Gasteiger partial charge in [-0.3, -0.25) is 13.8 Å². The van der Waals surface area contributed by atoms with Crippen LogP contribution < -0.4 is 10.1 Å². The summed E-state index contributed by atoms with van der Waals surface area (Å²) in [6.07, 6.45) is 0. The van der Waals surface area contributed by atoms with Gasteiger partial charge in [0.2, 0.25) is 5.91 Å². The second kappa shape index (κ2) is 8.41. The van der Waals surface area contributed by atoms with Crippen molar-refractivity contribution in [2.45, 2.75) is 6.92 Å². The molecule has 0 saturated heterocycles. The molecule has 0 heterocycles. The molecule has 7 heteroatoms. The van der Waals surface area contributed by atoms with Crippen molar-refractivity contribution in [3.05, 3.63) is 24.3 Å². The molecule has 116 valence electrons. The molecular formula is C14H19NO5S. The number of anilines is 1. The maximum absolute atomic E-state index is 11.8. The monoisotopic (exact) mass is 313 g/mol. The van der Waals surface area contributed by atoms with Gasteiger partial charge in [0.1, 0.15) is 11.5 Å². The molecule has 0 spiro atoms. The zero-order valence-corrected chi connectivity index (χ0v) is 13.1. The van der Waals surface area contributed by atoms with Crippen LogP contribution in [0.1, 0.15) is 6.92 Å². The molecule has 0 bridgehead atoms. The van der Waals surface area contributed by atoms with E-state index in [4.69, 9.17) is 4.74 Å². The van der Waals surface area contributed by atoms with Crippen molar-refractivity contribution in [1.29, 1.82) is 0 Å². The summed E-state index contributed by atoms with van der Waals surface area (Å²) in [6.45, 7) is 1.61. The van der Waals surface area contributed by atoms with Gasteiger partial charge in [0.05, 0.1) is 25.8 Å². The Labute approximate surface area is 126 Å². The predicted octanol–water partition coefficient (Wildman–Crippen LogP) is 1.19. The van der Waals surface area contributed by atoms with E-state index in [0.29, 0.717) is 11.4 Å². The Morgan fingerprint density at radius 2 is 1.95 bits per heavy atom. The second-order valence-corrected chi connectivity index (χ2v) is 5.93. The summed E-state index contributed by atoms with van der Waals surface area (Å²) in [4.78, 5) is 23.1. The van der Waals surface area contributed by atoms with E-state index in [1.165, 1.54) is 14.2 Å². The predicted molar refractivity (Wildman–Crippen MR) is 80.7 cm³/mol. The molecule has 1 aromatic rings. The summed E-state index contributed by atoms with van der Waals surface area (Å²) < 4.78 is 21.5. The molecule has 0 aromatic heterocycles. The zero-order chi connectivity index (χ0) is 15.8. The van der Waals surface area contributed by atoms with Crippen molar-refractivity contribution in [3.8, 4) is 5.75 Å². The standard InChI is InChI=1S/C14H19NO5S/c1-10(14(17)20-3)8-21(18)9-13(16)15-11-6-4-5-7-12(11)19-2/h4-7,10H,8-9H2,1-3H3,(H,15,16). The smallest absolute Gasteiger partial charge is 0.309 e. The van der Waals surface area contributed by atoms with Gasteiger partial charge in [-0.25, -0.2) is 0 Å². The van der Waals surface area contributed by atoms with Gasteiger partial charge in [0, 0.05) is 16.6 Å². The van der Waals surface area contributed by atoms with Crippen molar-refractivity contribution < 1.29 is 23.3 Å². The number of carbonyl (C=O) groups excluding carboxylic acids is 2. The lowest BCUT2D eigenvalue weighted by Crippen LogP contribution is -2.26. The minimum Gasteiger partial charge on any atom is -0.495 e. The molecule has 1 amide bonds. The highest BCUT2D eigenvalue weighted by molar-refractivity contribution is 7.85. The van der Waals surface area contributed by atoms with Crippen LogP contribution in [0.4, 0.5) is 5.69 Å². The van der Waals surface area contributed by atoms with Gasteiger partial charge in [0.25, 0.3) is 0 Å². The number of carbonyl (C=O) groups is 2. The molecule has 21 heavy (non-hydrogen) atoms. The number of esters is 1. The number of rotatable bonds is 7. The molecule has 0 radical (unpaired) electrons. The van der Waals surface area contributed by atoms with Crippen molar-refractivity contribution in [1.82, 2.24) is 0 Å². The van der Waals surface area contributed by atoms with Crippen LogP contribution in [0.3, 0.4) is 0 Å². The molecule has 2 unspecified atom stereocenters. The molecule has 0 aliphatic heterocycles. The van der Waals surface area contributed by atoms with Crippen LogP contribution in [0.15, 0.2) is 24.3 Å². The normalized spacial score (nSPS) is 13.1. The Hall–Kier alpha value is -1.89. The quantitative estimate of drug-likeness (QED) is 0.765. The topological polar surface area (TPSA) is 81.7 Å². The summed E-state index contributed by atoms with van der Waals surface area (Å²) in [7, 11) is 1.34. The Kier molecular flexibility index (Phi) is 6.87. The van der Waals surface area contributed by atoms with Gasteiger partial charge in [-0.05, 0) is 12.1 Å². The van der Waals surface area contributed by atoms with Crippen molar-refractivity contribution >= 4 is 28.4 Å². The molecule has 0 aliphatic carbocycles. The van der Waals surface area contributed by atoms with Crippen molar-refractivity contribution in [2.75, 3.05) is 31.0 Å². The van der Waals surface area contributed by atoms with E-state index in [1.54, 1.807) is 31.2 Å². The maximum atomic E-state index is 11.8. The first-order chi connectivity index (χ1) is 9.97. The van der Waals surface area contributed by atoms with E-state index in [2.05, 4.69) is 10.1 Å². The van der Waals surface area contributed by atoms with Crippen LogP contribution in [0, 0.1) is 5.92 Å². The third kappa shape index (κ3) is 5.55. The molecule has 0 saturated carbocycles. The van der Waals surface area contributed by atoms with Crippen LogP contribution in [0.25, 0.3) is 0 Å². The van der Waals surface area contributed by atoms with Crippen molar-refractivity contribution in [3.63, 3.8) is 0 Å². The first-order valence-corrected chi connectivity index (χ1v) is 7.82. The molecule has 2 atom stereocenters. The number of methoxy groups -OCH3 is 2. The fraction of sp³-hybridized carbons (Fsp3) is 0.429. The summed E-state index contributed by atoms with van der Waals surface area (Å²) >= 11 is 0. The molecule has 1 rings (SSSR count). The zero-order valence-electron chi connectivity index (χ0n) is 12.3. The van der Waals surface area contributed by atoms with Gasteiger partial charge >= 0.3 is 5.97 Å². The number of hydrogen-bond donors (Lipinski definition) is 1. The second-order valence-electron chi connectivity index (χ2n) is 4.42. The summed E-state index contributed by atoms with van der Waals surface area (Å²) in [5.74, 6) is -0.899. The lowest BCUT2D eigenvalue weighted by atomic mass is 10.2. The number of ether oxygens (including phenoxy) is 2. The van der Waals surface area contributed by atoms with Crippen LogP contribution >= 0.6 is 0 Å². The lowest BCUT2D eigenvalue weighted by Gasteiger charge is -2.11. The highest BCUT2D eigenvalue weighted by Gasteiger charge is 2.18. The molecular weight excluding hydrogens is 294 g/mol. The lowest BCUT2D eigenvalue weighted by molar-refractivity contribution is -0.144. The van der Waals surface area contributed by atoms with Crippen LogP contribution in [-0.2, 0) is 25.1 Å². The van der Waals surface area contributed by atoms with Crippen LogP contribution in [0.2, 0.25) is 0 Å². The SMILES string of the molecule is COC(=O)C(C)CS(=O)CC(=O)Nc1ccccc1OC. The number of para-hydroxylation sites is 2. The Morgan fingerprint density at radius 3 is 2.57 bits per heavy atom. The fourth-order valence-electron chi connectivity index (χ4n) is 1.69. The summed E-state index contributed by atoms with van der Waals surface area (Å²) in [6, 6.07) is 6.95. The highest BCUT2D eigenvalue weighted by atomic mass is 32.2. The average Bonchev–Trinajstić information content (AvgIpc) is 2.46. The first kappa shape index (κ1) is 17.2. The Balaban J connectivity index is 2.54. The van der Waals surface area contributed by atoms with Crippen molar-refractivity contribution in [2.24, 2.45) is 5.92 Å². The van der Waals surface area contributed by atoms with E-state index in [9.17, 15) is 13.8 Å². The summed E-state index contributed by atoms with van der Waals surface area (Å²) in [5, 5.41) is 2.64. The number of benzene rings is 1. The number of nitrogens with one attached hydrogen (secondary N) is 1. The van der Waals surface area contributed by atoms with Gasteiger partial charge < -0.3 is 14.8 Å². The molecule has 1 N–H and O–H groups in total. The number of hydrogen-bond acceptors (Lipinski definition) is 5. The highest BCUT2D eigenvalue weighted by Crippen LogP contribution is 2.22. The Bertz CT molecular complexity index is 532. The van der Waals surface area contributed by atoms with E-state index in [1.807, 2.05) is 0 Å². The summed E-state index contributed by atoms with van der Waals surface area (Å²) in [5.41, 5.74) is 0.517. The van der Waals surface area contributed by atoms with Gasteiger partial charge in [-0.2, -0.15) is 0 Å². The third-order valence-electron chi connectivity index (χ3n) is 2.71. The molecule has 6 nitrogen and oxygen atoms in total. The number of amides is 1. The molecule has 1 aromatic carbocycles. The molecule has 0 fully saturated rings. The van der Waals surface area contributed by atoms with Gasteiger partial charge in [0.15, 0.2) is 0 Å². The third-order valence-corrected chi connectivity index (χ3v) is 4.17. The van der Waals surface area contributed by atoms with E-state index >= 15 is 0 Å². The fourth-order valence-corrected chi connectivity index (χ4v) is 2.86. The molecule has 0 aliphatic rings. The largest absolute Gasteiger partial charge is 0.495 e. The Morgan fingerprint density at radius 1 is 1.29 bits per heavy atom.